The van der Waals surface area contributed by atoms with Crippen molar-refractivity contribution in [2.75, 3.05) is 29.9 Å². The van der Waals surface area contributed by atoms with Gasteiger partial charge in [-0.25, -0.2) is 8.42 Å². The number of nitrogens with one attached hydrogen (secondary N) is 1. The molecule has 0 unspecified atom stereocenters. The van der Waals surface area contributed by atoms with Crippen LogP contribution in [0.4, 0.5) is 11.4 Å². The van der Waals surface area contributed by atoms with E-state index in [9.17, 15) is 18.0 Å². The van der Waals surface area contributed by atoms with Crippen molar-refractivity contribution in [3.63, 3.8) is 0 Å². The van der Waals surface area contributed by atoms with Crippen molar-refractivity contribution in [1.29, 1.82) is 0 Å². The molecule has 2 aromatic carbocycles. The van der Waals surface area contributed by atoms with Crippen LogP contribution in [0, 0.1) is 11.8 Å². The minimum absolute atomic E-state index is 0.0839. The number of carbonyl (C=O) groups excluding carboxylic acids is 2. The zero-order valence-corrected chi connectivity index (χ0v) is 17.9. The summed E-state index contributed by atoms with van der Waals surface area (Å²) in [5, 5.41) is 2.75. The van der Waals surface area contributed by atoms with Gasteiger partial charge in [0, 0.05) is 18.7 Å². The fraction of sp³-hybridized carbons (Fsp3) is 0.364. The Morgan fingerprint density at radius 3 is 2.30 bits per heavy atom. The highest BCUT2D eigenvalue weighted by Crippen LogP contribution is 2.31. The van der Waals surface area contributed by atoms with Crippen LogP contribution < -0.4 is 10.2 Å². The van der Waals surface area contributed by atoms with Gasteiger partial charge in [0.2, 0.25) is 15.9 Å². The first-order valence-corrected chi connectivity index (χ1v) is 11.5. The van der Waals surface area contributed by atoms with Gasteiger partial charge in [-0.2, -0.15) is 4.31 Å². The van der Waals surface area contributed by atoms with E-state index in [0.717, 1.165) is 6.42 Å². The van der Waals surface area contributed by atoms with Gasteiger partial charge in [0.05, 0.1) is 16.3 Å². The fourth-order valence-corrected chi connectivity index (χ4v) is 5.97. The highest BCUT2D eigenvalue weighted by Gasteiger charge is 2.32. The average Bonchev–Trinajstić information content (AvgIpc) is 2.72. The molecule has 1 N–H and O–H groups in total. The standard InChI is InChI=1S/C22H25N3O4S/c1-15-11-16(2)13-24(12-15)30(28,29)18-9-7-17(8-10-18)22(27)25-14-21(26)23-19-5-3-4-6-20(19)25/h3-10,15-16H,11-14H2,1-2H3,(H,23,26)/t15-,16-/m1/s1. The minimum atomic E-state index is -3.61. The summed E-state index contributed by atoms with van der Waals surface area (Å²) < 4.78 is 27.6. The molecule has 1 saturated heterocycles. The molecule has 0 radical (unpaired) electrons. The molecule has 2 aliphatic rings. The Balaban J connectivity index is 1.58. The van der Waals surface area contributed by atoms with E-state index in [1.54, 1.807) is 24.3 Å². The van der Waals surface area contributed by atoms with E-state index in [1.165, 1.54) is 33.5 Å². The van der Waals surface area contributed by atoms with Crippen LogP contribution in [0.1, 0.15) is 30.6 Å². The van der Waals surface area contributed by atoms with Crippen LogP contribution in [0.25, 0.3) is 0 Å². The molecule has 0 saturated carbocycles. The number of piperidine rings is 1. The summed E-state index contributed by atoms with van der Waals surface area (Å²) in [6.07, 6.45) is 1.02. The topological polar surface area (TPSA) is 86.8 Å². The lowest BCUT2D eigenvalue weighted by atomic mass is 9.94. The van der Waals surface area contributed by atoms with Gasteiger partial charge >= 0.3 is 0 Å². The quantitative estimate of drug-likeness (QED) is 0.816. The highest BCUT2D eigenvalue weighted by molar-refractivity contribution is 7.89. The number of anilines is 2. The Morgan fingerprint density at radius 2 is 1.63 bits per heavy atom. The fourth-order valence-electron chi connectivity index (χ4n) is 4.29. The Bertz CT molecular complexity index is 1070. The van der Waals surface area contributed by atoms with E-state index >= 15 is 0 Å². The smallest absolute Gasteiger partial charge is 0.258 e. The van der Waals surface area contributed by atoms with Crippen LogP contribution in [0.15, 0.2) is 53.4 Å². The molecule has 0 spiro atoms. The lowest BCUT2D eigenvalue weighted by molar-refractivity contribution is -0.115. The van der Waals surface area contributed by atoms with Gasteiger partial charge in [0.15, 0.2) is 0 Å². The molecule has 2 amide bonds. The number of para-hydroxylation sites is 2. The summed E-state index contributed by atoms with van der Waals surface area (Å²) in [5.74, 6) is 0.0143. The Kier molecular flexibility index (Phi) is 5.38. The molecule has 2 atom stereocenters. The van der Waals surface area contributed by atoms with Crippen molar-refractivity contribution >= 4 is 33.2 Å². The third kappa shape index (κ3) is 3.85. The zero-order valence-electron chi connectivity index (χ0n) is 17.0. The summed E-state index contributed by atoms with van der Waals surface area (Å²) in [4.78, 5) is 26.6. The SMILES string of the molecule is C[C@@H]1C[C@@H](C)CN(S(=O)(=O)c2ccc(C(=O)N3CC(=O)Nc4ccccc43)cc2)C1. The summed E-state index contributed by atoms with van der Waals surface area (Å²) in [7, 11) is -3.61. The van der Waals surface area contributed by atoms with E-state index < -0.39 is 10.0 Å². The minimum Gasteiger partial charge on any atom is -0.323 e. The lowest BCUT2D eigenvalue weighted by Crippen LogP contribution is -2.42. The van der Waals surface area contributed by atoms with E-state index in [1.807, 2.05) is 0 Å². The molecular formula is C22H25N3O4S. The number of amides is 2. The molecule has 0 aromatic heterocycles. The van der Waals surface area contributed by atoms with E-state index in [-0.39, 0.29) is 23.3 Å². The molecule has 0 aliphatic carbocycles. The van der Waals surface area contributed by atoms with Gasteiger partial charge in [-0.1, -0.05) is 26.0 Å². The first-order chi connectivity index (χ1) is 14.3. The van der Waals surface area contributed by atoms with Gasteiger partial charge in [0.1, 0.15) is 6.54 Å². The highest BCUT2D eigenvalue weighted by atomic mass is 32.2. The number of fused-ring (bicyclic) bond motifs is 1. The molecule has 8 heteroatoms. The van der Waals surface area contributed by atoms with Crippen LogP contribution in [-0.4, -0.2) is 44.2 Å². The predicted molar refractivity (Wildman–Crippen MR) is 115 cm³/mol. The number of sulfonamides is 1. The van der Waals surface area contributed by atoms with Gasteiger partial charge in [-0.15, -0.1) is 0 Å². The van der Waals surface area contributed by atoms with E-state index in [4.69, 9.17) is 0 Å². The summed E-state index contributed by atoms with van der Waals surface area (Å²) in [6, 6.07) is 13.1. The second-order valence-electron chi connectivity index (χ2n) is 8.25. The Labute approximate surface area is 176 Å². The normalized spacial score (nSPS) is 22.3. The predicted octanol–water partition coefficient (Wildman–Crippen LogP) is 2.95. The van der Waals surface area contributed by atoms with Gasteiger partial charge < -0.3 is 5.32 Å². The first kappa shape index (κ1) is 20.6. The molecule has 158 valence electrons. The van der Waals surface area contributed by atoms with Crippen LogP contribution in [0.2, 0.25) is 0 Å². The largest absolute Gasteiger partial charge is 0.323 e. The molecule has 2 aromatic rings. The second kappa shape index (κ2) is 7.85. The van der Waals surface area contributed by atoms with E-state index in [2.05, 4.69) is 19.2 Å². The van der Waals surface area contributed by atoms with E-state index in [0.29, 0.717) is 41.9 Å². The Hall–Kier alpha value is -2.71. The maximum Gasteiger partial charge on any atom is 0.258 e. The van der Waals surface area contributed by atoms with Gasteiger partial charge in [-0.3, -0.25) is 14.5 Å². The molecule has 30 heavy (non-hydrogen) atoms. The first-order valence-electron chi connectivity index (χ1n) is 10.1. The molecule has 1 fully saturated rings. The number of carbonyl (C=O) groups is 2. The molecule has 2 aliphatic heterocycles. The van der Waals surface area contributed by atoms with Crippen LogP contribution >= 0.6 is 0 Å². The van der Waals surface area contributed by atoms with Crippen molar-refractivity contribution < 1.29 is 18.0 Å². The molecule has 0 bridgehead atoms. The molecule has 2 heterocycles. The molecule has 7 nitrogen and oxygen atoms in total. The number of hydrogen-bond donors (Lipinski definition) is 1. The third-order valence-corrected chi connectivity index (χ3v) is 7.44. The number of nitrogens with zero attached hydrogens (tertiary/aromatic N) is 2. The van der Waals surface area contributed by atoms with Crippen molar-refractivity contribution in [3.8, 4) is 0 Å². The zero-order chi connectivity index (χ0) is 21.5. The number of rotatable bonds is 3. The van der Waals surface area contributed by atoms with Crippen molar-refractivity contribution in [1.82, 2.24) is 4.31 Å². The molecular weight excluding hydrogens is 402 g/mol. The van der Waals surface area contributed by atoms with Crippen LogP contribution in [-0.2, 0) is 14.8 Å². The second-order valence-corrected chi connectivity index (χ2v) is 10.2. The van der Waals surface area contributed by atoms with Crippen LogP contribution in [0.3, 0.4) is 0 Å². The maximum atomic E-state index is 13.0. The van der Waals surface area contributed by atoms with Gasteiger partial charge in [-0.05, 0) is 54.7 Å². The maximum absolute atomic E-state index is 13.0. The summed E-state index contributed by atoms with van der Waals surface area (Å²) >= 11 is 0. The number of benzene rings is 2. The summed E-state index contributed by atoms with van der Waals surface area (Å²) in [6.45, 7) is 5.05. The summed E-state index contributed by atoms with van der Waals surface area (Å²) in [5.41, 5.74) is 1.53. The average molecular weight is 428 g/mol. The molecule has 4 rings (SSSR count). The monoisotopic (exact) mass is 427 g/mol. The third-order valence-electron chi connectivity index (χ3n) is 5.59. The van der Waals surface area contributed by atoms with Crippen molar-refractivity contribution in [3.05, 3.63) is 54.1 Å². The number of hydrogen-bond acceptors (Lipinski definition) is 4. The Morgan fingerprint density at radius 1 is 1.00 bits per heavy atom. The van der Waals surface area contributed by atoms with Crippen molar-refractivity contribution in [2.24, 2.45) is 11.8 Å². The van der Waals surface area contributed by atoms with Crippen LogP contribution in [0.5, 0.6) is 0 Å². The lowest BCUT2D eigenvalue weighted by Gasteiger charge is -2.34. The van der Waals surface area contributed by atoms with Crippen molar-refractivity contribution in [2.45, 2.75) is 25.2 Å². The van der Waals surface area contributed by atoms with Gasteiger partial charge in [0.25, 0.3) is 5.91 Å².